The van der Waals surface area contributed by atoms with Gasteiger partial charge in [0.15, 0.2) is 0 Å². The van der Waals surface area contributed by atoms with Crippen LogP contribution in [-0.2, 0) is 14.3 Å². The molecule has 0 spiro atoms. The molecule has 0 aliphatic carbocycles. The Hall–Kier alpha value is -1.10. The number of rotatable bonds is 6. The van der Waals surface area contributed by atoms with Crippen LogP contribution in [0, 0.1) is 0 Å². The third kappa shape index (κ3) is 5.59. The number of aliphatic carboxylic acids is 1. The van der Waals surface area contributed by atoms with Gasteiger partial charge in [0.1, 0.15) is 6.04 Å². The van der Waals surface area contributed by atoms with Crippen molar-refractivity contribution in [2.45, 2.75) is 57.9 Å². The van der Waals surface area contributed by atoms with Crippen molar-refractivity contribution in [3.8, 4) is 0 Å². The molecule has 110 valence electrons. The van der Waals surface area contributed by atoms with E-state index in [2.05, 4.69) is 0 Å². The van der Waals surface area contributed by atoms with Crippen molar-refractivity contribution in [3.63, 3.8) is 0 Å². The lowest BCUT2D eigenvalue weighted by Gasteiger charge is -2.31. The molecule has 5 heteroatoms. The number of amides is 1. The molecule has 1 aliphatic heterocycles. The molecule has 1 amide bonds. The predicted molar refractivity (Wildman–Crippen MR) is 71.9 cm³/mol. The number of ether oxygens (including phenoxy) is 1. The molecule has 1 unspecified atom stereocenters. The molecule has 5 nitrogen and oxygen atoms in total. The summed E-state index contributed by atoms with van der Waals surface area (Å²) < 4.78 is 5.30. The van der Waals surface area contributed by atoms with E-state index in [9.17, 15) is 14.7 Å². The Kier molecular flexibility index (Phi) is 7.48. The van der Waals surface area contributed by atoms with E-state index in [4.69, 9.17) is 4.74 Å². The van der Waals surface area contributed by atoms with E-state index in [1.165, 1.54) is 4.90 Å². The summed E-state index contributed by atoms with van der Waals surface area (Å²) in [5, 5.41) is 9.26. The van der Waals surface area contributed by atoms with Crippen molar-refractivity contribution in [2.75, 3.05) is 19.8 Å². The van der Waals surface area contributed by atoms with Crippen LogP contribution in [0.25, 0.3) is 0 Å². The molecule has 1 atom stereocenters. The molecule has 1 aliphatic rings. The zero-order chi connectivity index (χ0) is 14.1. The van der Waals surface area contributed by atoms with Crippen LogP contribution < -0.4 is 0 Å². The maximum Gasteiger partial charge on any atom is 0.326 e. The Bertz CT molecular complexity index is 293. The minimum absolute atomic E-state index is 0.0922. The average molecular weight is 271 g/mol. The first-order valence-electron chi connectivity index (χ1n) is 7.26. The predicted octanol–water partition coefficient (Wildman–Crippen LogP) is 2.05. The lowest BCUT2D eigenvalue weighted by molar-refractivity contribution is -0.151. The standard InChI is InChI=1S/C14H25NO4/c1-2-10-19-11-8-13(16)15-9-6-4-3-5-7-12(15)14(17)18/h12H,2-11H2,1H3,(H,17,18). The molecule has 1 fully saturated rings. The topological polar surface area (TPSA) is 66.8 Å². The molecular formula is C14H25NO4. The van der Waals surface area contributed by atoms with Crippen LogP contribution in [0.3, 0.4) is 0 Å². The molecule has 0 aromatic rings. The Balaban J connectivity index is 2.52. The molecule has 0 aromatic heterocycles. The lowest BCUT2D eigenvalue weighted by Crippen LogP contribution is -2.46. The molecule has 0 saturated carbocycles. The molecule has 0 radical (unpaired) electrons. The number of carboxylic acid groups (broad SMARTS) is 1. The second-order valence-corrected chi connectivity index (χ2v) is 5.01. The van der Waals surface area contributed by atoms with Gasteiger partial charge in [-0.2, -0.15) is 0 Å². The fourth-order valence-corrected chi connectivity index (χ4v) is 2.39. The van der Waals surface area contributed by atoms with Gasteiger partial charge in [0.2, 0.25) is 5.91 Å². The molecular weight excluding hydrogens is 246 g/mol. The molecule has 1 heterocycles. The van der Waals surface area contributed by atoms with E-state index in [-0.39, 0.29) is 12.3 Å². The molecule has 0 aromatic carbocycles. The van der Waals surface area contributed by atoms with Crippen molar-refractivity contribution in [1.82, 2.24) is 4.90 Å². The normalized spacial score (nSPS) is 20.7. The van der Waals surface area contributed by atoms with Gasteiger partial charge in [0.05, 0.1) is 13.0 Å². The summed E-state index contributed by atoms with van der Waals surface area (Å²) >= 11 is 0. The van der Waals surface area contributed by atoms with E-state index < -0.39 is 12.0 Å². The number of likely N-dealkylation sites (tertiary alicyclic amines) is 1. The highest BCUT2D eigenvalue weighted by Crippen LogP contribution is 2.17. The number of carbonyl (C=O) groups is 2. The fourth-order valence-electron chi connectivity index (χ4n) is 2.39. The van der Waals surface area contributed by atoms with Crippen LogP contribution in [0.15, 0.2) is 0 Å². The Morgan fingerprint density at radius 1 is 1.21 bits per heavy atom. The van der Waals surface area contributed by atoms with Crippen LogP contribution in [0.4, 0.5) is 0 Å². The largest absolute Gasteiger partial charge is 0.480 e. The molecule has 19 heavy (non-hydrogen) atoms. The van der Waals surface area contributed by atoms with E-state index in [0.29, 0.717) is 26.2 Å². The Labute approximate surface area is 114 Å². The van der Waals surface area contributed by atoms with E-state index >= 15 is 0 Å². The Morgan fingerprint density at radius 2 is 1.95 bits per heavy atom. The van der Waals surface area contributed by atoms with E-state index in [0.717, 1.165) is 32.1 Å². The van der Waals surface area contributed by atoms with Gasteiger partial charge in [0.25, 0.3) is 0 Å². The molecule has 1 rings (SSSR count). The third-order valence-corrected chi connectivity index (χ3v) is 3.42. The summed E-state index contributed by atoms with van der Waals surface area (Å²) in [6, 6.07) is -0.654. The zero-order valence-electron chi connectivity index (χ0n) is 11.8. The SMILES string of the molecule is CCCOCCC(=O)N1CCCCCCC1C(=O)O. The molecule has 1 saturated heterocycles. The van der Waals surface area contributed by atoms with Crippen LogP contribution in [0.1, 0.15) is 51.9 Å². The first-order valence-corrected chi connectivity index (χ1v) is 7.26. The second kappa shape index (κ2) is 8.91. The Morgan fingerprint density at radius 3 is 2.63 bits per heavy atom. The summed E-state index contributed by atoms with van der Waals surface area (Å²) in [7, 11) is 0. The van der Waals surface area contributed by atoms with Crippen molar-refractivity contribution in [3.05, 3.63) is 0 Å². The number of nitrogens with zero attached hydrogens (tertiary/aromatic N) is 1. The third-order valence-electron chi connectivity index (χ3n) is 3.42. The quantitative estimate of drug-likeness (QED) is 0.751. The second-order valence-electron chi connectivity index (χ2n) is 5.01. The monoisotopic (exact) mass is 271 g/mol. The van der Waals surface area contributed by atoms with Gasteiger partial charge in [-0.15, -0.1) is 0 Å². The van der Waals surface area contributed by atoms with Gasteiger partial charge >= 0.3 is 5.97 Å². The van der Waals surface area contributed by atoms with Crippen LogP contribution in [-0.4, -0.2) is 47.7 Å². The summed E-state index contributed by atoms with van der Waals surface area (Å²) in [4.78, 5) is 24.9. The van der Waals surface area contributed by atoms with Crippen LogP contribution >= 0.6 is 0 Å². The summed E-state index contributed by atoms with van der Waals surface area (Å²) in [5.74, 6) is -0.977. The first kappa shape index (κ1) is 16.0. The minimum Gasteiger partial charge on any atom is -0.480 e. The summed E-state index contributed by atoms with van der Waals surface area (Å²) in [6.07, 6.45) is 5.68. The minimum atomic E-state index is -0.885. The van der Waals surface area contributed by atoms with Crippen molar-refractivity contribution in [1.29, 1.82) is 0 Å². The smallest absolute Gasteiger partial charge is 0.326 e. The van der Waals surface area contributed by atoms with Crippen LogP contribution in [0.5, 0.6) is 0 Å². The highest BCUT2D eigenvalue weighted by Gasteiger charge is 2.29. The van der Waals surface area contributed by atoms with Gasteiger partial charge in [-0.3, -0.25) is 4.79 Å². The fraction of sp³-hybridized carbons (Fsp3) is 0.857. The van der Waals surface area contributed by atoms with E-state index in [1.54, 1.807) is 0 Å². The van der Waals surface area contributed by atoms with E-state index in [1.807, 2.05) is 6.92 Å². The first-order chi connectivity index (χ1) is 9.16. The van der Waals surface area contributed by atoms with Gasteiger partial charge in [0, 0.05) is 13.2 Å². The summed E-state index contributed by atoms with van der Waals surface area (Å²) in [6.45, 7) is 3.61. The van der Waals surface area contributed by atoms with Crippen molar-refractivity contribution in [2.24, 2.45) is 0 Å². The van der Waals surface area contributed by atoms with Crippen molar-refractivity contribution >= 4 is 11.9 Å². The highest BCUT2D eigenvalue weighted by molar-refractivity contribution is 5.83. The zero-order valence-corrected chi connectivity index (χ0v) is 11.8. The van der Waals surface area contributed by atoms with Gasteiger partial charge < -0.3 is 14.7 Å². The maximum absolute atomic E-state index is 12.1. The van der Waals surface area contributed by atoms with Crippen molar-refractivity contribution < 1.29 is 19.4 Å². The van der Waals surface area contributed by atoms with Gasteiger partial charge in [-0.1, -0.05) is 26.2 Å². The highest BCUT2D eigenvalue weighted by atomic mass is 16.5. The van der Waals surface area contributed by atoms with Crippen LogP contribution in [0.2, 0.25) is 0 Å². The number of hydrogen-bond donors (Lipinski definition) is 1. The summed E-state index contributed by atoms with van der Waals surface area (Å²) in [5.41, 5.74) is 0. The van der Waals surface area contributed by atoms with Gasteiger partial charge in [-0.25, -0.2) is 4.79 Å². The average Bonchev–Trinajstić information content (AvgIpc) is 2.33. The number of carboxylic acids is 1. The lowest BCUT2D eigenvalue weighted by atomic mass is 10.0. The molecule has 0 bridgehead atoms. The van der Waals surface area contributed by atoms with Gasteiger partial charge in [-0.05, 0) is 19.3 Å². The number of hydrogen-bond acceptors (Lipinski definition) is 3. The number of carbonyl (C=O) groups excluding carboxylic acids is 1. The maximum atomic E-state index is 12.1. The molecule has 1 N–H and O–H groups in total.